The Bertz CT molecular complexity index is 181. The summed E-state index contributed by atoms with van der Waals surface area (Å²) in [6.07, 6.45) is 2.12. The van der Waals surface area contributed by atoms with Crippen LogP contribution in [0.15, 0.2) is 30.3 Å². The Kier molecular flexibility index (Phi) is 2.94. The van der Waals surface area contributed by atoms with Crippen molar-refractivity contribution in [3.05, 3.63) is 42.3 Å². The van der Waals surface area contributed by atoms with Crippen molar-refractivity contribution in [1.82, 2.24) is 0 Å². The van der Waals surface area contributed by atoms with Crippen LogP contribution in [0, 0.1) is 6.42 Å². The van der Waals surface area contributed by atoms with Crippen LogP contribution in [-0.4, -0.2) is 0 Å². The van der Waals surface area contributed by atoms with Crippen LogP contribution in [0.4, 0.5) is 0 Å². The number of hydrogen-bond donors (Lipinski definition) is 0. The summed E-state index contributed by atoms with van der Waals surface area (Å²) in [5.74, 6) is 0. The molecule has 0 fully saturated rings. The van der Waals surface area contributed by atoms with Crippen molar-refractivity contribution in [2.45, 2.75) is 11.8 Å². The topological polar surface area (TPSA) is 0 Å². The van der Waals surface area contributed by atoms with E-state index < -0.39 is 0 Å². The summed E-state index contributed by atoms with van der Waals surface area (Å²) >= 11 is 3.53. The molecule has 1 rings (SSSR count). The number of benzene rings is 1. The van der Waals surface area contributed by atoms with Crippen LogP contribution in [0.5, 0.6) is 0 Å². The molecule has 0 aliphatic heterocycles. The number of rotatable bonds is 2. The highest BCUT2D eigenvalue weighted by atomic mass is 79.9. The third-order valence-corrected chi connectivity index (χ3v) is 2.47. The van der Waals surface area contributed by atoms with Gasteiger partial charge in [-0.05, 0) is 12.0 Å². The normalized spacial score (nSPS) is 13.0. The van der Waals surface area contributed by atoms with Gasteiger partial charge in [-0.25, -0.2) is 0 Å². The highest BCUT2D eigenvalue weighted by Crippen LogP contribution is 2.24. The van der Waals surface area contributed by atoms with Gasteiger partial charge in [0.25, 0.3) is 0 Å². The molecular formula is C9H10Br. The molecule has 0 heterocycles. The molecule has 1 aromatic rings. The Morgan fingerprint density at radius 2 is 1.90 bits per heavy atom. The second kappa shape index (κ2) is 3.77. The van der Waals surface area contributed by atoms with E-state index in [0.29, 0.717) is 4.83 Å². The number of halogens is 1. The van der Waals surface area contributed by atoms with Gasteiger partial charge in [-0.2, -0.15) is 0 Å². The first-order valence-electron chi connectivity index (χ1n) is 3.33. The fourth-order valence-corrected chi connectivity index (χ4v) is 1.13. The smallest absolute Gasteiger partial charge is 0.0423 e. The van der Waals surface area contributed by atoms with E-state index >= 15 is 0 Å². The van der Waals surface area contributed by atoms with Crippen molar-refractivity contribution >= 4 is 15.9 Å². The van der Waals surface area contributed by atoms with Crippen LogP contribution in [0.3, 0.4) is 0 Å². The highest BCUT2D eigenvalue weighted by Gasteiger charge is 2.01. The molecule has 1 unspecified atom stereocenters. The lowest BCUT2D eigenvalue weighted by Crippen LogP contribution is -1.85. The summed E-state index contributed by atoms with van der Waals surface area (Å²) in [4.78, 5) is 0.397. The summed E-state index contributed by atoms with van der Waals surface area (Å²) in [5.41, 5.74) is 1.31. The average Bonchev–Trinajstić information content (AvgIpc) is 2.05. The second-order valence-electron chi connectivity index (χ2n) is 2.15. The quantitative estimate of drug-likeness (QED) is 0.639. The standard InChI is InChI=1S/C9H10Br/c1-2-9(10)8-6-4-3-5-7-8/h2-7,9H,1H3. The van der Waals surface area contributed by atoms with E-state index in [1.807, 2.05) is 25.1 Å². The van der Waals surface area contributed by atoms with E-state index in [-0.39, 0.29) is 0 Å². The Labute approximate surface area is 70.4 Å². The third-order valence-electron chi connectivity index (χ3n) is 1.41. The average molecular weight is 198 g/mol. The molecule has 0 aliphatic carbocycles. The molecule has 0 aliphatic rings. The zero-order chi connectivity index (χ0) is 7.40. The second-order valence-corrected chi connectivity index (χ2v) is 3.13. The van der Waals surface area contributed by atoms with Gasteiger partial charge < -0.3 is 0 Å². The Morgan fingerprint density at radius 3 is 2.40 bits per heavy atom. The first-order chi connectivity index (χ1) is 4.84. The summed E-state index contributed by atoms with van der Waals surface area (Å²) in [6.45, 7) is 2.05. The van der Waals surface area contributed by atoms with Crippen LogP contribution >= 0.6 is 15.9 Å². The molecule has 53 valence electrons. The van der Waals surface area contributed by atoms with Crippen LogP contribution in [-0.2, 0) is 0 Å². The van der Waals surface area contributed by atoms with Gasteiger partial charge in [0.1, 0.15) is 0 Å². The molecule has 0 N–H and O–H groups in total. The van der Waals surface area contributed by atoms with Gasteiger partial charge >= 0.3 is 0 Å². The van der Waals surface area contributed by atoms with Crippen molar-refractivity contribution in [2.75, 3.05) is 0 Å². The first-order valence-corrected chi connectivity index (χ1v) is 4.24. The lowest BCUT2D eigenvalue weighted by molar-refractivity contribution is 1.13. The third kappa shape index (κ3) is 1.84. The van der Waals surface area contributed by atoms with Gasteiger partial charge in [-0.15, -0.1) is 0 Å². The predicted molar refractivity (Wildman–Crippen MR) is 48.1 cm³/mol. The predicted octanol–water partition coefficient (Wildman–Crippen LogP) is 3.35. The maximum atomic E-state index is 3.53. The summed E-state index contributed by atoms with van der Waals surface area (Å²) in [6, 6.07) is 10.3. The SMILES string of the molecule is C[CH]C(Br)c1ccccc1. The Hall–Kier alpha value is -0.300. The molecule has 0 saturated heterocycles. The Morgan fingerprint density at radius 1 is 1.30 bits per heavy atom. The zero-order valence-electron chi connectivity index (χ0n) is 5.92. The Balaban J connectivity index is 2.75. The summed E-state index contributed by atoms with van der Waals surface area (Å²) in [5, 5.41) is 0. The van der Waals surface area contributed by atoms with Gasteiger partial charge in [0, 0.05) is 4.83 Å². The molecule has 0 spiro atoms. The number of hydrogen-bond acceptors (Lipinski definition) is 0. The molecule has 1 atom stereocenters. The van der Waals surface area contributed by atoms with E-state index in [1.165, 1.54) is 5.56 Å². The largest absolute Gasteiger partial charge is 0.0836 e. The van der Waals surface area contributed by atoms with Crippen molar-refractivity contribution < 1.29 is 0 Å². The van der Waals surface area contributed by atoms with E-state index in [4.69, 9.17) is 0 Å². The molecular weight excluding hydrogens is 188 g/mol. The molecule has 10 heavy (non-hydrogen) atoms. The fraction of sp³-hybridized carbons (Fsp3) is 0.222. The molecule has 0 bridgehead atoms. The fourth-order valence-electron chi connectivity index (χ4n) is 0.829. The van der Waals surface area contributed by atoms with Crippen LogP contribution in [0.1, 0.15) is 17.3 Å². The molecule has 0 amide bonds. The maximum Gasteiger partial charge on any atom is 0.0423 e. The van der Waals surface area contributed by atoms with E-state index in [1.54, 1.807) is 0 Å². The number of alkyl halides is 1. The molecule has 0 nitrogen and oxygen atoms in total. The van der Waals surface area contributed by atoms with Crippen LogP contribution < -0.4 is 0 Å². The molecule has 0 aromatic heterocycles. The van der Waals surface area contributed by atoms with E-state index in [9.17, 15) is 0 Å². The van der Waals surface area contributed by atoms with Gasteiger partial charge in [0.2, 0.25) is 0 Å². The molecule has 1 aromatic carbocycles. The lowest BCUT2D eigenvalue weighted by Gasteiger charge is -2.04. The highest BCUT2D eigenvalue weighted by molar-refractivity contribution is 9.09. The summed E-state index contributed by atoms with van der Waals surface area (Å²) in [7, 11) is 0. The van der Waals surface area contributed by atoms with Crippen molar-refractivity contribution in [3.8, 4) is 0 Å². The van der Waals surface area contributed by atoms with Crippen molar-refractivity contribution in [1.29, 1.82) is 0 Å². The minimum atomic E-state index is 0.397. The van der Waals surface area contributed by atoms with E-state index in [0.717, 1.165) is 0 Å². The minimum absolute atomic E-state index is 0.397. The van der Waals surface area contributed by atoms with Gasteiger partial charge in [-0.3, -0.25) is 0 Å². The van der Waals surface area contributed by atoms with Gasteiger partial charge in [0.05, 0.1) is 0 Å². The molecule has 0 saturated carbocycles. The molecule has 1 radical (unpaired) electrons. The monoisotopic (exact) mass is 197 g/mol. The minimum Gasteiger partial charge on any atom is -0.0836 e. The van der Waals surface area contributed by atoms with Crippen LogP contribution in [0.25, 0.3) is 0 Å². The van der Waals surface area contributed by atoms with Crippen molar-refractivity contribution in [2.24, 2.45) is 0 Å². The lowest BCUT2D eigenvalue weighted by atomic mass is 10.1. The van der Waals surface area contributed by atoms with Gasteiger partial charge in [0.15, 0.2) is 0 Å². The zero-order valence-corrected chi connectivity index (χ0v) is 7.51. The maximum absolute atomic E-state index is 3.53. The first kappa shape index (κ1) is 7.80. The summed E-state index contributed by atoms with van der Waals surface area (Å²) < 4.78 is 0. The molecule has 1 heteroatoms. The van der Waals surface area contributed by atoms with Crippen LogP contribution in [0.2, 0.25) is 0 Å². The van der Waals surface area contributed by atoms with Gasteiger partial charge in [-0.1, -0.05) is 53.2 Å². The van der Waals surface area contributed by atoms with Crippen molar-refractivity contribution in [3.63, 3.8) is 0 Å². The van der Waals surface area contributed by atoms with E-state index in [2.05, 4.69) is 34.5 Å².